The Hall–Kier alpha value is -3.04. The van der Waals surface area contributed by atoms with Crippen molar-refractivity contribution in [3.05, 3.63) is 59.2 Å². The van der Waals surface area contributed by atoms with Crippen molar-refractivity contribution in [3.63, 3.8) is 0 Å². The fourth-order valence-electron chi connectivity index (χ4n) is 3.29. The number of carbonyl (C=O) groups excluding carboxylic acids is 1. The number of hydrogen-bond donors (Lipinski definition) is 1. The van der Waals surface area contributed by atoms with E-state index in [4.69, 9.17) is 4.42 Å². The monoisotopic (exact) mass is 426 g/mol. The topological polar surface area (TPSA) is 105 Å². The van der Waals surface area contributed by atoms with Crippen molar-refractivity contribution in [2.24, 2.45) is 0 Å². The van der Waals surface area contributed by atoms with Gasteiger partial charge in [-0.2, -0.15) is 4.31 Å². The summed E-state index contributed by atoms with van der Waals surface area (Å²) in [6.45, 7) is 5.07. The minimum atomic E-state index is -3.51. The Morgan fingerprint density at radius 1 is 1.00 bits per heavy atom. The number of carbonyl (C=O) groups is 1. The fraction of sp³-hybridized carbons (Fsp3) is 0.286. The van der Waals surface area contributed by atoms with E-state index in [1.54, 1.807) is 0 Å². The van der Waals surface area contributed by atoms with Crippen LogP contribution in [0.3, 0.4) is 0 Å². The lowest BCUT2D eigenvalue weighted by molar-refractivity contribution is 0.102. The Morgan fingerprint density at radius 3 is 2.37 bits per heavy atom. The van der Waals surface area contributed by atoms with Crippen molar-refractivity contribution in [3.8, 4) is 11.5 Å². The summed E-state index contributed by atoms with van der Waals surface area (Å²) >= 11 is 0. The molecule has 30 heavy (non-hydrogen) atoms. The highest BCUT2D eigenvalue weighted by atomic mass is 32.2. The molecule has 1 aliphatic rings. The number of amides is 1. The summed E-state index contributed by atoms with van der Waals surface area (Å²) in [7, 11) is -3.51. The summed E-state index contributed by atoms with van der Waals surface area (Å²) in [6, 6.07) is 11.6. The summed E-state index contributed by atoms with van der Waals surface area (Å²) in [5.41, 5.74) is 3.31. The molecule has 1 amide bonds. The van der Waals surface area contributed by atoms with Crippen LogP contribution in [0.1, 0.15) is 34.3 Å². The molecule has 1 fully saturated rings. The minimum absolute atomic E-state index is 0.0259. The first kappa shape index (κ1) is 20.2. The van der Waals surface area contributed by atoms with E-state index >= 15 is 0 Å². The van der Waals surface area contributed by atoms with Crippen LogP contribution in [0.15, 0.2) is 51.8 Å². The third-order valence-corrected chi connectivity index (χ3v) is 7.13. The Kier molecular flexibility index (Phi) is 5.40. The van der Waals surface area contributed by atoms with Gasteiger partial charge in [-0.15, -0.1) is 5.10 Å². The zero-order valence-corrected chi connectivity index (χ0v) is 17.6. The van der Waals surface area contributed by atoms with Crippen LogP contribution >= 0.6 is 0 Å². The van der Waals surface area contributed by atoms with Gasteiger partial charge in [0.05, 0.1) is 4.90 Å². The zero-order chi connectivity index (χ0) is 21.3. The molecule has 2 aromatic carbocycles. The Balaban J connectivity index is 1.46. The van der Waals surface area contributed by atoms with Crippen molar-refractivity contribution < 1.29 is 17.6 Å². The van der Waals surface area contributed by atoms with Gasteiger partial charge >= 0.3 is 6.01 Å². The van der Waals surface area contributed by atoms with Crippen molar-refractivity contribution in [2.75, 3.05) is 18.4 Å². The first-order valence-corrected chi connectivity index (χ1v) is 11.1. The molecular weight excluding hydrogens is 404 g/mol. The Labute approximate surface area is 175 Å². The summed E-state index contributed by atoms with van der Waals surface area (Å²) in [6.07, 6.45) is 1.74. The molecule has 1 aliphatic heterocycles. The maximum Gasteiger partial charge on any atom is 0.322 e. The van der Waals surface area contributed by atoms with Crippen LogP contribution in [0, 0.1) is 13.8 Å². The number of sulfonamides is 1. The number of nitrogens with zero attached hydrogens (tertiary/aromatic N) is 3. The number of nitrogens with one attached hydrogen (secondary N) is 1. The van der Waals surface area contributed by atoms with Gasteiger partial charge in [-0.25, -0.2) is 8.42 Å². The normalized spacial score (nSPS) is 14.7. The van der Waals surface area contributed by atoms with Crippen molar-refractivity contribution in [1.82, 2.24) is 14.5 Å². The Morgan fingerprint density at radius 2 is 1.70 bits per heavy atom. The molecule has 0 unspecified atom stereocenters. The van der Waals surface area contributed by atoms with Gasteiger partial charge in [-0.1, -0.05) is 11.2 Å². The zero-order valence-electron chi connectivity index (χ0n) is 16.8. The van der Waals surface area contributed by atoms with Crippen molar-refractivity contribution >= 4 is 21.9 Å². The van der Waals surface area contributed by atoms with Gasteiger partial charge in [0.15, 0.2) is 0 Å². The van der Waals surface area contributed by atoms with Gasteiger partial charge in [0, 0.05) is 24.2 Å². The quantitative estimate of drug-likeness (QED) is 0.670. The van der Waals surface area contributed by atoms with Crippen LogP contribution in [0.2, 0.25) is 0 Å². The van der Waals surface area contributed by atoms with Crippen LogP contribution in [-0.4, -0.2) is 41.9 Å². The highest BCUT2D eigenvalue weighted by molar-refractivity contribution is 7.89. The molecule has 0 saturated carbocycles. The molecule has 0 bridgehead atoms. The number of aryl methyl sites for hydroxylation is 2. The molecule has 4 rings (SSSR count). The SMILES string of the molecule is Cc1ccc(-c2nnc(NC(=O)c3ccc(S(=O)(=O)N4CCCC4)cc3)o2)cc1C. The maximum absolute atomic E-state index is 12.6. The standard InChI is InChI=1S/C21H22N4O4S/c1-14-5-6-17(13-15(14)2)20-23-24-21(29-20)22-19(26)16-7-9-18(10-8-16)30(27,28)25-11-3-4-12-25/h5-10,13H,3-4,11-12H2,1-2H3,(H,22,24,26). The molecule has 8 nitrogen and oxygen atoms in total. The maximum atomic E-state index is 12.6. The lowest BCUT2D eigenvalue weighted by Gasteiger charge is -2.15. The number of benzene rings is 2. The fourth-order valence-corrected chi connectivity index (χ4v) is 4.81. The average molecular weight is 426 g/mol. The third kappa shape index (κ3) is 3.99. The van der Waals surface area contributed by atoms with Gasteiger partial charge in [0.2, 0.25) is 15.9 Å². The molecule has 2 heterocycles. The van der Waals surface area contributed by atoms with E-state index in [-0.39, 0.29) is 10.9 Å². The number of rotatable bonds is 5. The minimum Gasteiger partial charge on any atom is -0.403 e. The smallest absolute Gasteiger partial charge is 0.322 e. The van der Waals surface area contributed by atoms with E-state index < -0.39 is 15.9 Å². The number of aromatic nitrogens is 2. The third-order valence-electron chi connectivity index (χ3n) is 5.22. The van der Waals surface area contributed by atoms with Crippen LogP contribution < -0.4 is 5.32 Å². The second-order valence-corrected chi connectivity index (χ2v) is 9.24. The number of anilines is 1. The van der Waals surface area contributed by atoms with Crippen LogP contribution in [0.25, 0.3) is 11.5 Å². The second kappa shape index (κ2) is 8.00. The van der Waals surface area contributed by atoms with Crippen LogP contribution in [0.5, 0.6) is 0 Å². The molecule has 0 aliphatic carbocycles. The molecule has 3 aromatic rings. The predicted molar refractivity (Wildman–Crippen MR) is 112 cm³/mol. The van der Waals surface area contributed by atoms with Crippen molar-refractivity contribution in [1.29, 1.82) is 0 Å². The summed E-state index contributed by atoms with van der Waals surface area (Å²) < 4.78 is 32.2. The van der Waals surface area contributed by atoms with Crippen molar-refractivity contribution in [2.45, 2.75) is 31.6 Å². The molecule has 156 valence electrons. The molecule has 1 saturated heterocycles. The summed E-state index contributed by atoms with van der Waals surface area (Å²) in [4.78, 5) is 12.7. The van der Waals surface area contributed by atoms with Gasteiger partial charge in [0.1, 0.15) is 0 Å². The second-order valence-electron chi connectivity index (χ2n) is 7.30. The van der Waals surface area contributed by atoms with E-state index in [1.807, 2.05) is 32.0 Å². The molecule has 0 spiro atoms. The van der Waals surface area contributed by atoms with Crippen LogP contribution in [-0.2, 0) is 10.0 Å². The first-order valence-electron chi connectivity index (χ1n) is 9.67. The van der Waals surface area contributed by atoms with E-state index in [9.17, 15) is 13.2 Å². The molecule has 9 heteroatoms. The van der Waals surface area contributed by atoms with E-state index in [0.29, 0.717) is 24.5 Å². The lowest BCUT2D eigenvalue weighted by Crippen LogP contribution is -2.27. The van der Waals surface area contributed by atoms with E-state index in [0.717, 1.165) is 29.5 Å². The summed E-state index contributed by atoms with van der Waals surface area (Å²) in [5.74, 6) is -0.157. The van der Waals surface area contributed by atoms with E-state index in [1.165, 1.54) is 28.6 Å². The highest BCUT2D eigenvalue weighted by Gasteiger charge is 2.27. The molecule has 1 N–H and O–H groups in total. The van der Waals surface area contributed by atoms with Gasteiger partial charge < -0.3 is 4.42 Å². The molecule has 0 radical (unpaired) electrons. The van der Waals surface area contributed by atoms with Crippen LogP contribution in [0.4, 0.5) is 6.01 Å². The largest absolute Gasteiger partial charge is 0.403 e. The number of hydrogen-bond acceptors (Lipinski definition) is 6. The predicted octanol–water partition coefficient (Wildman–Crippen LogP) is 3.39. The van der Waals surface area contributed by atoms with Gasteiger partial charge in [-0.05, 0) is 74.2 Å². The van der Waals surface area contributed by atoms with Gasteiger partial charge in [0.25, 0.3) is 5.91 Å². The average Bonchev–Trinajstić information content (AvgIpc) is 3.43. The molecule has 0 atom stereocenters. The first-order chi connectivity index (χ1) is 14.3. The molecular formula is C21H22N4O4S. The summed E-state index contributed by atoms with van der Waals surface area (Å²) in [5, 5.41) is 10.4. The molecule has 1 aromatic heterocycles. The Bertz CT molecular complexity index is 1180. The lowest BCUT2D eigenvalue weighted by atomic mass is 10.1. The highest BCUT2D eigenvalue weighted by Crippen LogP contribution is 2.24. The van der Waals surface area contributed by atoms with E-state index in [2.05, 4.69) is 15.5 Å². The van der Waals surface area contributed by atoms with Gasteiger partial charge in [-0.3, -0.25) is 10.1 Å².